The highest BCUT2D eigenvalue weighted by Crippen LogP contribution is 2.19. The number of aromatic nitrogens is 1. The molecule has 0 bridgehead atoms. The van der Waals surface area contributed by atoms with Crippen LogP contribution in [0.15, 0.2) is 5.51 Å². The maximum atomic E-state index is 12.2. The van der Waals surface area contributed by atoms with Crippen LogP contribution in [0, 0.1) is 6.92 Å². The first kappa shape index (κ1) is 17.2. The van der Waals surface area contributed by atoms with Crippen molar-refractivity contribution < 1.29 is 14.3 Å². The lowest BCUT2D eigenvalue weighted by Gasteiger charge is -2.24. The van der Waals surface area contributed by atoms with Crippen molar-refractivity contribution in [2.75, 3.05) is 20.2 Å². The predicted octanol–water partition coefficient (Wildman–Crippen LogP) is 2.18. The maximum Gasteiger partial charge on any atom is 0.410 e. The third kappa shape index (κ3) is 4.41. The van der Waals surface area contributed by atoms with Crippen LogP contribution in [-0.4, -0.2) is 53.9 Å². The van der Waals surface area contributed by atoms with E-state index in [1.807, 2.05) is 33.2 Å². The number of ether oxygens (including phenoxy) is 2. The molecule has 0 spiro atoms. The number of nitrogens with zero attached hydrogens (tertiary/aromatic N) is 2. The first-order valence-electron chi connectivity index (χ1n) is 7.43. The van der Waals surface area contributed by atoms with Gasteiger partial charge in [0.05, 0.1) is 29.9 Å². The molecule has 1 unspecified atom stereocenters. The standard InChI is InChI=1S/C15H25N3O3S/c1-10-13(22-9-17-10)6-16-11-7-18(8-12(11)20-5)14(19)21-15(2,3)4/h9,11-12,16H,6-8H2,1-5H3/t11?,12-/m0/s1. The Kier molecular flexibility index (Phi) is 5.41. The molecule has 22 heavy (non-hydrogen) atoms. The molecule has 7 heteroatoms. The molecule has 1 N–H and O–H groups in total. The first-order chi connectivity index (χ1) is 10.3. The number of hydrogen-bond acceptors (Lipinski definition) is 6. The summed E-state index contributed by atoms with van der Waals surface area (Å²) in [6.45, 7) is 9.49. The van der Waals surface area contributed by atoms with Crippen molar-refractivity contribution in [3.8, 4) is 0 Å². The Bertz CT molecular complexity index is 512. The van der Waals surface area contributed by atoms with Crippen molar-refractivity contribution in [3.63, 3.8) is 0 Å². The molecule has 0 radical (unpaired) electrons. The van der Waals surface area contributed by atoms with Crippen LogP contribution in [0.4, 0.5) is 4.79 Å². The van der Waals surface area contributed by atoms with Gasteiger partial charge in [0.15, 0.2) is 0 Å². The van der Waals surface area contributed by atoms with Crippen LogP contribution in [0.3, 0.4) is 0 Å². The van der Waals surface area contributed by atoms with E-state index in [1.54, 1.807) is 23.3 Å². The lowest BCUT2D eigenvalue weighted by atomic mass is 10.2. The Hall–Kier alpha value is -1.18. The molecule has 1 fully saturated rings. The number of nitrogens with one attached hydrogen (secondary N) is 1. The summed E-state index contributed by atoms with van der Waals surface area (Å²) < 4.78 is 10.9. The van der Waals surface area contributed by atoms with E-state index in [9.17, 15) is 4.79 Å². The highest BCUT2D eigenvalue weighted by Gasteiger charge is 2.37. The number of likely N-dealkylation sites (tertiary alicyclic amines) is 1. The Morgan fingerprint density at radius 2 is 2.23 bits per heavy atom. The van der Waals surface area contributed by atoms with Crippen molar-refractivity contribution in [3.05, 3.63) is 16.1 Å². The van der Waals surface area contributed by atoms with Crippen molar-refractivity contribution >= 4 is 17.4 Å². The minimum Gasteiger partial charge on any atom is -0.444 e. The van der Waals surface area contributed by atoms with Gasteiger partial charge in [-0.1, -0.05) is 0 Å². The van der Waals surface area contributed by atoms with Gasteiger partial charge in [0.25, 0.3) is 0 Å². The molecule has 0 aliphatic carbocycles. The molecule has 2 rings (SSSR count). The SMILES string of the molecule is CO[C@H]1CN(C(=O)OC(C)(C)C)CC1NCc1scnc1C. The summed E-state index contributed by atoms with van der Waals surface area (Å²) >= 11 is 1.64. The zero-order valence-electron chi connectivity index (χ0n) is 13.9. The Morgan fingerprint density at radius 3 is 2.77 bits per heavy atom. The van der Waals surface area contributed by atoms with E-state index in [0.29, 0.717) is 13.1 Å². The van der Waals surface area contributed by atoms with E-state index in [2.05, 4.69) is 10.3 Å². The summed E-state index contributed by atoms with van der Waals surface area (Å²) in [6.07, 6.45) is -0.312. The van der Waals surface area contributed by atoms with E-state index in [0.717, 1.165) is 12.2 Å². The van der Waals surface area contributed by atoms with Crippen LogP contribution in [0.2, 0.25) is 0 Å². The van der Waals surface area contributed by atoms with Gasteiger partial charge in [-0.2, -0.15) is 0 Å². The summed E-state index contributed by atoms with van der Waals surface area (Å²) in [6, 6.07) is 0.0963. The summed E-state index contributed by atoms with van der Waals surface area (Å²) in [5.74, 6) is 0. The lowest BCUT2D eigenvalue weighted by molar-refractivity contribution is 0.0252. The van der Waals surface area contributed by atoms with E-state index in [-0.39, 0.29) is 18.2 Å². The topological polar surface area (TPSA) is 63.7 Å². The maximum absolute atomic E-state index is 12.2. The monoisotopic (exact) mass is 327 g/mol. The molecule has 0 saturated carbocycles. The molecule has 1 saturated heterocycles. The largest absolute Gasteiger partial charge is 0.444 e. The van der Waals surface area contributed by atoms with Crippen molar-refractivity contribution in [2.45, 2.75) is 52.0 Å². The smallest absolute Gasteiger partial charge is 0.410 e. The average Bonchev–Trinajstić information content (AvgIpc) is 3.00. The van der Waals surface area contributed by atoms with E-state index >= 15 is 0 Å². The average molecular weight is 327 g/mol. The quantitative estimate of drug-likeness (QED) is 0.918. The highest BCUT2D eigenvalue weighted by molar-refractivity contribution is 7.09. The number of amides is 1. The summed E-state index contributed by atoms with van der Waals surface area (Å²) in [5, 5.41) is 3.47. The lowest BCUT2D eigenvalue weighted by Crippen LogP contribution is -2.40. The van der Waals surface area contributed by atoms with Crippen molar-refractivity contribution in [2.24, 2.45) is 0 Å². The second-order valence-corrected chi connectivity index (χ2v) is 7.45. The summed E-state index contributed by atoms with van der Waals surface area (Å²) in [5.41, 5.74) is 2.42. The molecule has 6 nitrogen and oxygen atoms in total. The Morgan fingerprint density at radius 1 is 1.50 bits per heavy atom. The predicted molar refractivity (Wildman–Crippen MR) is 86.1 cm³/mol. The molecule has 124 valence electrons. The van der Waals surface area contributed by atoms with Gasteiger partial charge < -0.3 is 19.7 Å². The number of carbonyl (C=O) groups is 1. The Labute approximate surface area is 135 Å². The van der Waals surface area contributed by atoms with Crippen LogP contribution in [0.5, 0.6) is 0 Å². The van der Waals surface area contributed by atoms with E-state index in [4.69, 9.17) is 9.47 Å². The van der Waals surface area contributed by atoms with Gasteiger partial charge in [0.1, 0.15) is 5.60 Å². The van der Waals surface area contributed by atoms with Gasteiger partial charge in [-0.05, 0) is 27.7 Å². The number of hydrogen-bond donors (Lipinski definition) is 1. The molecule has 2 heterocycles. The summed E-state index contributed by atoms with van der Waals surface area (Å²) in [4.78, 5) is 19.3. The minimum absolute atomic E-state index is 0.0271. The fourth-order valence-corrected chi connectivity index (χ4v) is 3.13. The first-order valence-corrected chi connectivity index (χ1v) is 8.31. The van der Waals surface area contributed by atoms with E-state index in [1.165, 1.54) is 4.88 Å². The van der Waals surface area contributed by atoms with Crippen LogP contribution >= 0.6 is 11.3 Å². The zero-order valence-corrected chi connectivity index (χ0v) is 14.7. The van der Waals surface area contributed by atoms with Crippen molar-refractivity contribution in [1.29, 1.82) is 0 Å². The Balaban J connectivity index is 1.92. The zero-order chi connectivity index (χ0) is 16.3. The molecule has 1 aromatic rings. The van der Waals surface area contributed by atoms with Gasteiger partial charge in [0.2, 0.25) is 0 Å². The normalized spacial score (nSPS) is 22.1. The molecular formula is C15H25N3O3S. The van der Waals surface area contributed by atoms with Gasteiger partial charge >= 0.3 is 6.09 Å². The van der Waals surface area contributed by atoms with Gasteiger partial charge in [-0.3, -0.25) is 0 Å². The van der Waals surface area contributed by atoms with Crippen LogP contribution in [-0.2, 0) is 16.0 Å². The highest BCUT2D eigenvalue weighted by atomic mass is 32.1. The molecule has 1 aliphatic rings. The number of thiazole rings is 1. The van der Waals surface area contributed by atoms with Gasteiger partial charge in [-0.25, -0.2) is 9.78 Å². The molecule has 1 aliphatic heterocycles. The summed E-state index contributed by atoms with van der Waals surface area (Å²) in [7, 11) is 1.68. The minimum atomic E-state index is -0.481. The molecule has 2 atom stereocenters. The number of carbonyl (C=O) groups excluding carboxylic acids is 1. The number of methoxy groups -OCH3 is 1. The fourth-order valence-electron chi connectivity index (χ4n) is 2.40. The third-order valence-corrected chi connectivity index (χ3v) is 4.53. The van der Waals surface area contributed by atoms with Crippen LogP contribution in [0.25, 0.3) is 0 Å². The molecule has 0 aromatic carbocycles. The molecule has 1 amide bonds. The second-order valence-electron chi connectivity index (χ2n) is 6.51. The fraction of sp³-hybridized carbons (Fsp3) is 0.733. The third-order valence-electron chi connectivity index (χ3n) is 3.59. The van der Waals surface area contributed by atoms with Crippen molar-refractivity contribution in [1.82, 2.24) is 15.2 Å². The van der Waals surface area contributed by atoms with Gasteiger partial charge in [0, 0.05) is 25.1 Å². The second kappa shape index (κ2) is 6.93. The van der Waals surface area contributed by atoms with E-state index < -0.39 is 5.60 Å². The van der Waals surface area contributed by atoms with Gasteiger partial charge in [-0.15, -0.1) is 11.3 Å². The van der Waals surface area contributed by atoms with Crippen LogP contribution < -0.4 is 5.32 Å². The molecular weight excluding hydrogens is 302 g/mol. The number of rotatable bonds is 4. The number of aryl methyl sites for hydroxylation is 1. The van der Waals surface area contributed by atoms with Crippen LogP contribution in [0.1, 0.15) is 31.3 Å². The molecule has 1 aromatic heterocycles.